The van der Waals surface area contributed by atoms with E-state index in [1.165, 1.54) is 0 Å². The maximum atomic E-state index is 12.7. The van der Waals surface area contributed by atoms with Crippen molar-refractivity contribution in [3.05, 3.63) is 30.7 Å². The number of aryl methyl sites for hydroxylation is 1. The molecule has 8 heteroatoms. The van der Waals surface area contributed by atoms with Gasteiger partial charge >= 0.3 is 0 Å². The summed E-state index contributed by atoms with van der Waals surface area (Å²) in [5.41, 5.74) is 2.42. The summed E-state index contributed by atoms with van der Waals surface area (Å²) in [6, 6.07) is 3.86. The first-order valence-electron chi connectivity index (χ1n) is 10.1. The number of rotatable bonds is 5. The number of hydrogen-bond acceptors (Lipinski definition) is 6. The number of likely N-dealkylation sites (tertiary alicyclic amines) is 1. The van der Waals surface area contributed by atoms with Gasteiger partial charge < -0.3 is 10.2 Å². The van der Waals surface area contributed by atoms with Crippen molar-refractivity contribution < 1.29 is 4.79 Å². The molecule has 0 saturated carbocycles. The van der Waals surface area contributed by atoms with E-state index in [1.54, 1.807) is 17.1 Å². The van der Waals surface area contributed by atoms with Crippen molar-refractivity contribution in [3.63, 3.8) is 0 Å². The fraction of sp³-hybridized carbons (Fsp3) is 0.476. The molecule has 152 valence electrons. The van der Waals surface area contributed by atoms with Crippen LogP contribution in [0.15, 0.2) is 30.7 Å². The number of hydrogen-bond donors (Lipinski definition) is 1. The second kappa shape index (κ2) is 8.24. The van der Waals surface area contributed by atoms with E-state index in [0.717, 1.165) is 54.6 Å². The Labute approximate surface area is 170 Å². The Hall–Kier alpha value is -2.87. The predicted molar refractivity (Wildman–Crippen MR) is 112 cm³/mol. The molecule has 0 bridgehead atoms. The lowest BCUT2D eigenvalue weighted by atomic mass is 9.95. The molecule has 1 amide bonds. The largest absolute Gasteiger partial charge is 0.310 e. The van der Waals surface area contributed by atoms with Crippen molar-refractivity contribution in [3.8, 4) is 11.3 Å². The zero-order valence-electron chi connectivity index (χ0n) is 17.2. The molecule has 1 saturated heterocycles. The fourth-order valence-electron chi connectivity index (χ4n) is 3.84. The molecule has 8 nitrogen and oxygen atoms in total. The van der Waals surface area contributed by atoms with E-state index in [1.807, 2.05) is 25.4 Å². The Balaban J connectivity index is 1.44. The average Bonchev–Trinajstić information content (AvgIpc) is 3.14. The van der Waals surface area contributed by atoms with Gasteiger partial charge in [-0.05, 0) is 44.0 Å². The Morgan fingerprint density at radius 1 is 1.21 bits per heavy atom. The molecule has 1 fully saturated rings. The number of carbonyl (C=O) groups excluding carboxylic acids is 1. The summed E-state index contributed by atoms with van der Waals surface area (Å²) in [5.74, 6) is 1.31. The Kier molecular flexibility index (Phi) is 5.53. The number of amides is 1. The third-order valence-corrected chi connectivity index (χ3v) is 5.30. The summed E-state index contributed by atoms with van der Waals surface area (Å²) in [6.07, 6.45) is 7.08. The van der Waals surface area contributed by atoms with Crippen LogP contribution in [0.3, 0.4) is 0 Å². The lowest BCUT2D eigenvalue weighted by Crippen LogP contribution is -2.39. The molecule has 4 rings (SSSR count). The van der Waals surface area contributed by atoms with E-state index in [9.17, 15) is 4.79 Å². The van der Waals surface area contributed by atoms with Crippen LogP contribution >= 0.6 is 0 Å². The Morgan fingerprint density at radius 2 is 2.00 bits per heavy atom. The molecule has 1 aliphatic heterocycles. The van der Waals surface area contributed by atoms with Gasteiger partial charge in [0.25, 0.3) is 0 Å². The summed E-state index contributed by atoms with van der Waals surface area (Å²) in [4.78, 5) is 24.0. The third-order valence-electron chi connectivity index (χ3n) is 5.30. The molecule has 0 atom stereocenters. The smallest absolute Gasteiger partial charge is 0.228 e. The van der Waals surface area contributed by atoms with Crippen LogP contribution in [0.5, 0.6) is 0 Å². The van der Waals surface area contributed by atoms with E-state index < -0.39 is 0 Å². The summed E-state index contributed by atoms with van der Waals surface area (Å²) in [5, 5.41) is 12.0. The monoisotopic (exact) mass is 393 g/mol. The minimum Gasteiger partial charge on any atom is -0.310 e. The SMILES string of the molecule is CC(C)CN1CCC(C(=O)Nc2cc3cc(-c4cn(C)nn4)cnc3cn2)CC1. The first-order valence-corrected chi connectivity index (χ1v) is 10.1. The van der Waals surface area contributed by atoms with Gasteiger partial charge in [0.15, 0.2) is 0 Å². The molecule has 29 heavy (non-hydrogen) atoms. The van der Waals surface area contributed by atoms with Crippen molar-refractivity contribution in [1.29, 1.82) is 0 Å². The van der Waals surface area contributed by atoms with Gasteiger partial charge in [-0.3, -0.25) is 14.5 Å². The number of piperidine rings is 1. The zero-order chi connectivity index (χ0) is 20.4. The van der Waals surface area contributed by atoms with Gasteiger partial charge in [0.2, 0.25) is 5.91 Å². The van der Waals surface area contributed by atoms with Crippen LogP contribution in [-0.4, -0.2) is 55.4 Å². The molecule has 4 heterocycles. The van der Waals surface area contributed by atoms with E-state index in [2.05, 4.69) is 44.3 Å². The highest BCUT2D eigenvalue weighted by molar-refractivity contribution is 5.94. The molecular formula is C21H27N7O. The number of nitrogens with zero attached hydrogens (tertiary/aromatic N) is 6. The van der Waals surface area contributed by atoms with Crippen LogP contribution in [0.2, 0.25) is 0 Å². The van der Waals surface area contributed by atoms with Gasteiger partial charge in [-0.2, -0.15) is 0 Å². The van der Waals surface area contributed by atoms with Crippen LogP contribution in [0.4, 0.5) is 5.82 Å². The van der Waals surface area contributed by atoms with Crippen molar-refractivity contribution in [2.75, 3.05) is 25.0 Å². The van der Waals surface area contributed by atoms with Gasteiger partial charge in [-0.25, -0.2) is 4.98 Å². The lowest BCUT2D eigenvalue weighted by molar-refractivity contribution is -0.121. The molecule has 1 N–H and O–H groups in total. The molecule has 0 spiro atoms. The first-order chi connectivity index (χ1) is 14.0. The van der Waals surface area contributed by atoms with Crippen LogP contribution in [-0.2, 0) is 11.8 Å². The number of anilines is 1. The zero-order valence-corrected chi connectivity index (χ0v) is 17.2. The van der Waals surface area contributed by atoms with Gasteiger partial charge in [-0.1, -0.05) is 19.1 Å². The highest BCUT2D eigenvalue weighted by atomic mass is 16.1. The maximum Gasteiger partial charge on any atom is 0.228 e. The molecule has 1 aliphatic rings. The number of fused-ring (bicyclic) bond motifs is 1. The molecule has 3 aromatic rings. The Morgan fingerprint density at radius 3 is 2.69 bits per heavy atom. The van der Waals surface area contributed by atoms with Crippen LogP contribution in [0.1, 0.15) is 26.7 Å². The van der Waals surface area contributed by atoms with E-state index in [-0.39, 0.29) is 11.8 Å². The van der Waals surface area contributed by atoms with Gasteiger partial charge in [0, 0.05) is 36.7 Å². The standard InChI is InChI=1S/C21H27N7O/c1-14(2)12-28-6-4-15(5-7-28)21(29)24-20-9-16-8-17(10-22-18(16)11-23-20)19-13-27(3)26-25-19/h8-11,13-15H,4-7,12H2,1-3H3,(H,23,24,29). The third kappa shape index (κ3) is 4.59. The summed E-state index contributed by atoms with van der Waals surface area (Å²) >= 11 is 0. The number of pyridine rings is 2. The molecule has 0 aliphatic carbocycles. The van der Waals surface area contributed by atoms with Crippen LogP contribution in [0.25, 0.3) is 22.2 Å². The van der Waals surface area contributed by atoms with Gasteiger partial charge in [0.1, 0.15) is 11.5 Å². The van der Waals surface area contributed by atoms with E-state index in [4.69, 9.17) is 0 Å². The van der Waals surface area contributed by atoms with Gasteiger partial charge in [-0.15, -0.1) is 5.10 Å². The molecular weight excluding hydrogens is 366 g/mol. The second-order valence-corrected chi connectivity index (χ2v) is 8.22. The predicted octanol–water partition coefficient (Wildman–Crippen LogP) is 2.73. The topological polar surface area (TPSA) is 88.8 Å². The summed E-state index contributed by atoms with van der Waals surface area (Å²) in [6.45, 7) is 7.52. The maximum absolute atomic E-state index is 12.7. The normalized spacial score (nSPS) is 15.9. The van der Waals surface area contributed by atoms with Gasteiger partial charge in [0.05, 0.1) is 17.9 Å². The van der Waals surface area contributed by atoms with E-state index in [0.29, 0.717) is 11.7 Å². The molecule has 3 aromatic heterocycles. The number of carbonyl (C=O) groups is 1. The average molecular weight is 393 g/mol. The van der Waals surface area contributed by atoms with Crippen molar-refractivity contribution in [2.45, 2.75) is 26.7 Å². The lowest BCUT2D eigenvalue weighted by Gasteiger charge is -2.32. The summed E-state index contributed by atoms with van der Waals surface area (Å²) in [7, 11) is 1.83. The fourth-order valence-corrected chi connectivity index (χ4v) is 3.84. The van der Waals surface area contributed by atoms with Crippen molar-refractivity contribution >= 4 is 22.6 Å². The first kappa shape index (κ1) is 19.4. The highest BCUT2D eigenvalue weighted by Crippen LogP contribution is 2.23. The van der Waals surface area contributed by atoms with Crippen molar-refractivity contribution in [2.24, 2.45) is 18.9 Å². The van der Waals surface area contributed by atoms with E-state index >= 15 is 0 Å². The minimum atomic E-state index is 0.0416. The quantitative estimate of drug-likeness (QED) is 0.717. The highest BCUT2D eigenvalue weighted by Gasteiger charge is 2.25. The second-order valence-electron chi connectivity index (χ2n) is 8.22. The number of nitrogens with one attached hydrogen (secondary N) is 1. The minimum absolute atomic E-state index is 0.0416. The summed E-state index contributed by atoms with van der Waals surface area (Å²) < 4.78 is 1.66. The molecule has 0 radical (unpaired) electrons. The van der Waals surface area contributed by atoms with Crippen molar-refractivity contribution in [1.82, 2.24) is 29.9 Å². The van der Waals surface area contributed by atoms with Crippen LogP contribution in [0, 0.1) is 11.8 Å². The van der Waals surface area contributed by atoms with Crippen LogP contribution < -0.4 is 5.32 Å². The molecule has 0 unspecified atom stereocenters. The Bertz CT molecular complexity index is 1010. The number of aromatic nitrogens is 5. The molecule has 0 aromatic carbocycles.